The predicted octanol–water partition coefficient (Wildman–Crippen LogP) is 0.136. The number of carboxylic acid groups (broad SMARTS) is 1. The highest BCUT2D eigenvalue weighted by Crippen LogP contribution is 2.06. The summed E-state index contributed by atoms with van der Waals surface area (Å²) < 4.78 is 0. The minimum Gasteiger partial charge on any atom is -0.480 e. The van der Waals surface area contributed by atoms with Crippen molar-refractivity contribution >= 4 is 11.9 Å². The summed E-state index contributed by atoms with van der Waals surface area (Å²) in [5.74, 6) is -1.74. The van der Waals surface area contributed by atoms with Gasteiger partial charge in [0, 0.05) is 12.6 Å². The molecule has 1 rings (SSSR count). The van der Waals surface area contributed by atoms with Crippen molar-refractivity contribution in [3.8, 4) is 0 Å². The summed E-state index contributed by atoms with van der Waals surface area (Å²) in [6.45, 7) is 1.97. The second-order valence-electron chi connectivity index (χ2n) is 4.14. The van der Waals surface area contributed by atoms with Gasteiger partial charge < -0.3 is 16.2 Å². The van der Waals surface area contributed by atoms with Crippen molar-refractivity contribution in [1.29, 1.82) is 0 Å². The van der Waals surface area contributed by atoms with Crippen molar-refractivity contribution in [2.45, 2.75) is 25.9 Å². The van der Waals surface area contributed by atoms with Crippen LogP contribution in [0.5, 0.6) is 0 Å². The molecule has 4 N–H and O–H groups in total. The number of nitrogens with two attached hydrogens (primary N) is 1. The van der Waals surface area contributed by atoms with Gasteiger partial charge in [-0.2, -0.15) is 0 Å². The number of nitrogens with one attached hydrogen (secondary N) is 1. The zero-order valence-electron chi connectivity index (χ0n) is 10.2. The van der Waals surface area contributed by atoms with E-state index in [-0.39, 0.29) is 12.3 Å². The third kappa shape index (κ3) is 4.50. The Morgan fingerprint density at radius 2 is 2.22 bits per heavy atom. The molecule has 0 spiro atoms. The number of aromatic nitrogens is 1. The Morgan fingerprint density at radius 3 is 2.78 bits per heavy atom. The van der Waals surface area contributed by atoms with Gasteiger partial charge in [0.25, 0.3) is 0 Å². The first kappa shape index (κ1) is 14.1. The first-order chi connectivity index (χ1) is 8.50. The zero-order valence-corrected chi connectivity index (χ0v) is 10.2. The average molecular weight is 251 g/mol. The molecule has 0 saturated carbocycles. The maximum atomic E-state index is 11.6. The second kappa shape index (κ2) is 6.70. The van der Waals surface area contributed by atoms with Crippen LogP contribution in [0.25, 0.3) is 0 Å². The van der Waals surface area contributed by atoms with Gasteiger partial charge in [-0.25, -0.2) is 0 Å². The number of pyridine rings is 1. The van der Waals surface area contributed by atoms with Crippen LogP contribution in [-0.2, 0) is 16.1 Å². The van der Waals surface area contributed by atoms with Crippen LogP contribution in [0.15, 0.2) is 24.4 Å². The van der Waals surface area contributed by atoms with Gasteiger partial charge in [0.1, 0.15) is 6.04 Å². The van der Waals surface area contributed by atoms with Crippen LogP contribution in [0.3, 0.4) is 0 Å². The van der Waals surface area contributed by atoms with Crippen LogP contribution in [0, 0.1) is 5.92 Å². The van der Waals surface area contributed by atoms with Gasteiger partial charge in [-0.15, -0.1) is 0 Å². The number of aliphatic carboxylic acids is 1. The molecule has 0 radical (unpaired) electrons. The summed E-state index contributed by atoms with van der Waals surface area (Å²) in [5.41, 5.74) is 6.17. The number of hydrogen-bond acceptors (Lipinski definition) is 4. The van der Waals surface area contributed by atoms with E-state index in [4.69, 9.17) is 10.8 Å². The van der Waals surface area contributed by atoms with E-state index >= 15 is 0 Å². The number of carboxylic acids is 1. The van der Waals surface area contributed by atoms with E-state index in [1.807, 2.05) is 6.07 Å². The van der Waals surface area contributed by atoms with E-state index in [1.165, 1.54) is 0 Å². The minimum atomic E-state index is -1.10. The monoisotopic (exact) mass is 251 g/mol. The molecule has 2 atom stereocenters. The Kier molecular flexibility index (Phi) is 5.26. The molecule has 0 aromatic carbocycles. The largest absolute Gasteiger partial charge is 0.480 e. The third-order valence-corrected chi connectivity index (χ3v) is 2.60. The summed E-state index contributed by atoms with van der Waals surface area (Å²) in [4.78, 5) is 26.3. The van der Waals surface area contributed by atoms with Gasteiger partial charge in [-0.3, -0.25) is 14.6 Å². The van der Waals surface area contributed by atoms with Crippen molar-refractivity contribution in [3.63, 3.8) is 0 Å². The number of carbonyl (C=O) groups is 2. The number of rotatable bonds is 6. The van der Waals surface area contributed by atoms with E-state index in [2.05, 4.69) is 10.3 Å². The molecule has 0 aliphatic carbocycles. The molecule has 6 heteroatoms. The smallest absolute Gasteiger partial charge is 0.320 e. The van der Waals surface area contributed by atoms with E-state index in [9.17, 15) is 9.59 Å². The standard InChI is InChI=1S/C12H17N3O3/c1-8(11(13)12(17)18)6-10(16)15-7-9-4-2-3-5-14-9/h2-5,8,11H,6-7,13H2,1H3,(H,15,16)(H,17,18)/t8?,11-/m0/s1. The molecule has 1 aromatic rings. The van der Waals surface area contributed by atoms with Crippen molar-refractivity contribution < 1.29 is 14.7 Å². The van der Waals surface area contributed by atoms with E-state index < -0.39 is 17.9 Å². The maximum absolute atomic E-state index is 11.6. The van der Waals surface area contributed by atoms with Crippen LogP contribution < -0.4 is 11.1 Å². The normalized spacial score (nSPS) is 13.7. The van der Waals surface area contributed by atoms with Gasteiger partial charge >= 0.3 is 5.97 Å². The van der Waals surface area contributed by atoms with Crippen molar-refractivity contribution in [2.75, 3.05) is 0 Å². The molecule has 0 aliphatic heterocycles. The number of carbonyl (C=O) groups excluding carboxylic acids is 1. The van der Waals surface area contributed by atoms with Gasteiger partial charge in [-0.1, -0.05) is 13.0 Å². The lowest BCUT2D eigenvalue weighted by Crippen LogP contribution is -2.39. The summed E-state index contributed by atoms with van der Waals surface area (Å²) in [6, 6.07) is 4.40. The molecular weight excluding hydrogens is 234 g/mol. The minimum absolute atomic E-state index is 0.0836. The van der Waals surface area contributed by atoms with Crippen LogP contribution in [0.2, 0.25) is 0 Å². The molecule has 0 aliphatic rings. The average Bonchev–Trinajstić information content (AvgIpc) is 2.36. The zero-order chi connectivity index (χ0) is 13.5. The quantitative estimate of drug-likeness (QED) is 0.666. The first-order valence-electron chi connectivity index (χ1n) is 5.65. The lowest BCUT2D eigenvalue weighted by molar-refractivity contribution is -0.139. The van der Waals surface area contributed by atoms with Crippen LogP contribution in [-0.4, -0.2) is 28.0 Å². The fraction of sp³-hybridized carbons (Fsp3) is 0.417. The molecule has 0 saturated heterocycles. The SMILES string of the molecule is CC(CC(=O)NCc1ccccn1)[C@H](N)C(=O)O. The molecule has 98 valence electrons. The topological polar surface area (TPSA) is 105 Å². The highest BCUT2D eigenvalue weighted by Gasteiger charge is 2.22. The lowest BCUT2D eigenvalue weighted by Gasteiger charge is -2.15. The number of amides is 1. The van der Waals surface area contributed by atoms with Gasteiger partial charge in [0.05, 0.1) is 12.2 Å². The number of hydrogen-bond donors (Lipinski definition) is 3. The maximum Gasteiger partial charge on any atom is 0.320 e. The molecule has 1 unspecified atom stereocenters. The van der Waals surface area contributed by atoms with Crippen molar-refractivity contribution in [1.82, 2.24) is 10.3 Å². The molecule has 1 aromatic heterocycles. The van der Waals surface area contributed by atoms with Gasteiger partial charge in [-0.05, 0) is 18.1 Å². The summed E-state index contributed by atoms with van der Waals surface area (Å²) in [6.07, 6.45) is 1.73. The molecule has 0 bridgehead atoms. The Labute approximate surface area is 105 Å². The van der Waals surface area contributed by atoms with E-state index in [0.29, 0.717) is 6.54 Å². The fourth-order valence-electron chi connectivity index (χ4n) is 1.43. The molecule has 6 nitrogen and oxygen atoms in total. The van der Waals surface area contributed by atoms with Crippen LogP contribution in [0.4, 0.5) is 0 Å². The highest BCUT2D eigenvalue weighted by atomic mass is 16.4. The number of nitrogens with zero attached hydrogens (tertiary/aromatic N) is 1. The summed E-state index contributed by atoms with van der Waals surface area (Å²) in [7, 11) is 0. The molecule has 1 heterocycles. The molecule has 1 amide bonds. The molecule has 0 fully saturated rings. The lowest BCUT2D eigenvalue weighted by atomic mass is 9.99. The molecular formula is C12H17N3O3. The Balaban J connectivity index is 2.36. The van der Waals surface area contributed by atoms with E-state index in [1.54, 1.807) is 25.3 Å². The Morgan fingerprint density at radius 1 is 1.50 bits per heavy atom. The van der Waals surface area contributed by atoms with Crippen LogP contribution >= 0.6 is 0 Å². The highest BCUT2D eigenvalue weighted by molar-refractivity contribution is 5.78. The summed E-state index contributed by atoms with van der Waals surface area (Å²) >= 11 is 0. The Bertz CT molecular complexity index is 408. The summed E-state index contributed by atoms with van der Waals surface area (Å²) in [5, 5.41) is 11.4. The third-order valence-electron chi connectivity index (χ3n) is 2.60. The second-order valence-corrected chi connectivity index (χ2v) is 4.14. The Hall–Kier alpha value is -1.95. The van der Waals surface area contributed by atoms with Crippen LogP contribution in [0.1, 0.15) is 19.0 Å². The molecule has 18 heavy (non-hydrogen) atoms. The van der Waals surface area contributed by atoms with Crippen molar-refractivity contribution in [2.24, 2.45) is 11.7 Å². The predicted molar refractivity (Wildman–Crippen MR) is 65.5 cm³/mol. The fourth-order valence-corrected chi connectivity index (χ4v) is 1.43. The van der Waals surface area contributed by atoms with Crippen molar-refractivity contribution in [3.05, 3.63) is 30.1 Å². The van der Waals surface area contributed by atoms with Gasteiger partial charge in [0.15, 0.2) is 0 Å². The first-order valence-corrected chi connectivity index (χ1v) is 5.65. The van der Waals surface area contributed by atoms with Gasteiger partial charge in [0.2, 0.25) is 5.91 Å². The van der Waals surface area contributed by atoms with E-state index in [0.717, 1.165) is 5.69 Å².